The van der Waals surface area contributed by atoms with Gasteiger partial charge in [-0.15, -0.1) is 0 Å². The van der Waals surface area contributed by atoms with Crippen LogP contribution in [0.2, 0.25) is 5.02 Å². The summed E-state index contributed by atoms with van der Waals surface area (Å²) in [5, 5.41) is 1.91. The van der Waals surface area contributed by atoms with Crippen LogP contribution in [0, 0.1) is 0 Å². The number of fused-ring (bicyclic) bond motifs is 2. The zero-order valence-corrected chi connectivity index (χ0v) is 17.7. The molecule has 0 spiro atoms. The summed E-state index contributed by atoms with van der Waals surface area (Å²) in [4.78, 5) is 37.7. The highest BCUT2D eigenvalue weighted by Crippen LogP contribution is 2.22. The molecule has 2 heterocycles. The Morgan fingerprint density at radius 2 is 1.61 bits per heavy atom. The number of nitrogens with one attached hydrogen (secondary N) is 1. The molecule has 0 aliphatic heterocycles. The number of para-hydroxylation sites is 2. The number of halogens is 1. The van der Waals surface area contributed by atoms with Gasteiger partial charge in [0.2, 0.25) is 0 Å². The highest BCUT2D eigenvalue weighted by Gasteiger charge is 2.14. The van der Waals surface area contributed by atoms with E-state index in [1.807, 2.05) is 48.5 Å². The largest absolute Gasteiger partial charge is 0.301 e. The third-order valence-electron chi connectivity index (χ3n) is 4.84. The van der Waals surface area contributed by atoms with E-state index >= 15 is 0 Å². The lowest BCUT2D eigenvalue weighted by Gasteiger charge is -2.13. The van der Waals surface area contributed by atoms with Crippen molar-refractivity contribution >= 4 is 45.2 Å². The Hall–Kier alpha value is -3.42. The second kappa shape index (κ2) is 8.02. The van der Waals surface area contributed by atoms with Crippen LogP contribution in [0.15, 0.2) is 87.5 Å². The molecule has 0 unspecified atom stereocenters. The standard InChI is InChI=1S/C23H15ClN4O2S/c24-14-10-11-19-17(12-14)21(29)27-23(26-19)31-13-20-25-18-9-5-4-8-16(18)22(30)28(20)15-6-2-1-3-7-15/h1-12H,13H2,(H,26,27,29). The molecule has 31 heavy (non-hydrogen) atoms. The van der Waals surface area contributed by atoms with Crippen LogP contribution in [-0.4, -0.2) is 19.5 Å². The molecule has 0 bridgehead atoms. The van der Waals surface area contributed by atoms with Crippen molar-refractivity contribution in [1.82, 2.24) is 19.5 Å². The van der Waals surface area contributed by atoms with Gasteiger partial charge >= 0.3 is 0 Å². The number of hydrogen-bond donors (Lipinski definition) is 1. The summed E-state index contributed by atoms with van der Waals surface area (Å²) in [6.45, 7) is 0. The van der Waals surface area contributed by atoms with Crippen LogP contribution in [0.25, 0.3) is 27.5 Å². The minimum atomic E-state index is -0.262. The molecule has 6 nitrogen and oxygen atoms in total. The molecule has 2 aromatic heterocycles. The van der Waals surface area contributed by atoms with Gasteiger partial charge in [0, 0.05) is 5.02 Å². The molecule has 5 aromatic rings. The van der Waals surface area contributed by atoms with Crippen molar-refractivity contribution < 1.29 is 0 Å². The van der Waals surface area contributed by atoms with Crippen LogP contribution in [0.4, 0.5) is 0 Å². The Morgan fingerprint density at radius 1 is 0.871 bits per heavy atom. The van der Waals surface area contributed by atoms with Gasteiger partial charge in [-0.25, -0.2) is 9.97 Å². The summed E-state index contributed by atoms with van der Waals surface area (Å²) in [6, 6.07) is 21.7. The Bertz CT molecular complexity index is 1550. The highest BCUT2D eigenvalue weighted by molar-refractivity contribution is 7.98. The minimum Gasteiger partial charge on any atom is -0.301 e. The van der Waals surface area contributed by atoms with E-state index in [2.05, 4.69) is 9.97 Å². The first-order chi connectivity index (χ1) is 15.1. The van der Waals surface area contributed by atoms with Gasteiger partial charge in [0.1, 0.15) is 5.82 Å². The van der Waals surface area contributed by atoms with Crippen LogP contribution < -0.4 is 11.1 Å². The number of H-pyrrole nitrogens is 1. The van der Waals surface area contributed by atoms with Crippen LogP contribution in [0.3, 0.4) is 0 Å². The zero-order chi connectivity index (χ0) is 21.4. The number of hydrogen-bond acceptors (Lipinski definition) is 5. The first-order valence-corrected chi connectivity index (χ1v) is 10.8. The molecular formula is C23H15ClN4O2S. The fourth-order valence-corrected chi connectivity index (χ4v) is 4.37. The number of aromatic amines is 1. The van der Waals surface area contributed by atoms with Crippen LogP contribution in [0.5, 0.6) is 0 Å². The molecule has 0 atom stereocenters. The lowest BCUT2D eigenvalue weighted by molar-refractivity contribution is 0.880. The smallest absolute Gasteiger partial charge is 0.265 e. The molecule has 0 radical (unpaired) electrons. The lowest BCUT2D eigenvalue weighted by Crippen LogP contribution is -2.23. The van der Waals surface area contributed by atoms with Crippen molar-refractivity contribution in [3.05, 3.63) is 104 Å². The number of aromatic nitrogens is 4. The van der Waals surface area contributed by atoms with Gasteiger partial charge in [-0.2, -0.15) is 0 Å². The Balaban J connectivity index is 1.59. The first-order valence-electron chi connectivity index (χ1n) is 9.48. The summed E-state index contributed by atoms with van der Waals surface area (Å²) in [6.07, 6.45) is 0. The summed E-state index contributed by atoms with van der Waals surface area (Å²) in [7, 11) is 0. The van der Waals surface area contributed by atoms with E-state index in [0.29, 0.717) is 43.6 Å². The number of thioether (sulfide) groups is 1. The molecule has 152 valence electrons. The molecule has 0 amide bonds. The van der Waals surface area contributed by atoms with E-state index in [1.165, 1.54) is 11.8 Å². The van der Waals surface area contributed by atoms with E-state index < -0.39 is 0 Å². The third kappa shape index (κ3) is 3.73. The minimum absolute atomic E-state index is 0.137. The maximum Gasteiger partial charge on any atom is 0.265 e. The Kier molecular flexibility index (Phi) is 5.05. The summed E-state index contributed by atoms with van der Waals surface area (Å²) >= 11 is 7.29. The zero-order valence-electron chi connectivity index (χ0n) is 16.1. The van der Waals surface area contributed by atoms with Crippen molar-refractivity contribution in [3.8, 4) is 5.69 Å². The van der Waals surface area contributed by atoms with Crippen molar-refractivity contribution in [2.24, 2.45) is 0 Å². The third-order valence-corrected chi connectivity index (χ3v) is 5.95. The quantitative estimate of drug-likeness (QED) is 0.323. The summed E-state index contributed by atoms with van der Waals surface area (Å²) in [5.41, 5.74) is 1.52. The monoisotopic (exact) mass is 446 g/mol. The molecule has 3 aromatic carbocycles. The van der Waals surface area contributed by atoms with Crippen LogP contribution >= 0.6 is 23.4 Å². The average Bonchev–Trinajstić information content (AvgIpc) is 2.79. The number of nitrogens with zero attached hydrogens (tertiary/aromatic N) is 3. The van der Waals surface area contributed by atoms with E-state index in [0.717, 1.165) is 5.69 Å². The predicted octanol–water partition coefficient (Wildman–Crippen LogP) is 4.57. The van der Waals surface area contributed by atoms with Gasteiger partial charge in [0.05, 0.1) is 33.2 Å². The first kappa shape index (κ1) is 19.5. The maximum absolute atomic E-state index is 13.2. The van der Waals surface area contributed by atoms with Gasteiger partial charge in [0.25, 0.3) is 11.1 Å². The van der Waals surface area contributed by atoms with Crippen LogP contribution in [0.1, 0.15) is 5.82 Å². The Labute approximate surface area is 185 Å². The lowest BCUT2D eigenvalue weighted by atomic mass is 10.2. The average molecular weight is 447 g/mol. The highest BCUT2D eigenvalue weighted by atomic mass is 35.5. The molecule has 0 fully saturated rings. The molecule has 0 saturated carbocycles. The molecule has 0 aliphatic carbocycles. The normalized spacial score (nSPS) is 11.3. The fourth-order valence-electron chi connectivity index (χ4n) is 3.41. The fraction of sp³-hybridized carbons (Fsp3) is 0.0435. The molecule has 0 aliphatic rings. The van der Waals surface area contributed by atoms with Gasteiger partial charge in [0.15, 0.2) is 5.16 Å². The number of rotatable bonds is 4. The Morgan fingerprint density at radius 3 is 2.45 bits per heavy atom. The van der Waals surface area contributed by atoms with E-state index in [-0.39, 0.29) is 11.1 Å². The van der Waals surface area contributed by atoms with Crippen molar-refractivity contribution in [2.75, 3.05) is 0 Å². The van der Waals surface area contributed by atoms with Gasteiger partial charge in [-0.05, 0) is 42.5 Å². The second-order valence-corrected chi connectivity index (χ2v) is 8.24. The molecule has 1 N–H and O–H groups in total. The van der Waals surface area contributed by atoms with Crippen molar-refractivity contribution in [3.63, 3.8) is 0 Å². The molecule has 8 heteroatoms. The molecule has 0 saturated heterocycles. The SMILES string of the molecule is O=c1[nH]c(SCc2nc3ccccc3c(=O)n2-c2ccccc2)nc2ccc(Cl)cc12. The summed E-state index contributed by atoms with van der Waals surface area (Å²) in [5.74, 6) is 0.913. The van der Waals surface area contributed by atoms with Gasteiger partial charge in [-0.1, -0.05) is 53.7 Å². The summed E-state index contributed by atoms with van der Waals surface area (Å²) < 4.78 is 1.61. The topological polar surface area (TPSA) is 80.6 Å². The maximum atomic E-state index is 13.2. The van der Waals surface area contributed by atoms with E-state index in [4.69, 9.17) is 16.6 Å². The predicted molar refractivity (Wildman–Crippen MR) is 124 cm³/mol. The van der Waals surface area contributed by atoms with E-state index in [1.54, 1.807) is 28.8 Å². The van der Waals surface area contributed by atoms with Gasteiger partial charge in [-0.3, -0.25) is 14.2 Å². The number of benzene rings is 3. The van der Waals surface area contributed by atoms with Crippen LogP contribution in [-0.2, 0) is 5.75 Å². The van der Waals surface area contributed by atoms with Gasteiger partial charge < -0.3 is 4.98 Å². The van der Waals surface area contributed by atoms with Crippen molar-refractivity contribution in [2.45, 2.75) is 10.9 Å². The van der Waals surface area contributed by atoms with Crippen molar-refractivity contribution in [1.29, 1.82) is 0 Å². The van der Waals surface area contributed by atoms with E-state index in [9.17, 15) is 9.59 Å². The second-order valence-electron chi connectivity index (χ2n) is 6.84. The molecular weight excluding hydrogens is 432 g/mol. The molecule has 5 rings (SSSR count).